The van der Waals surface area contributed by atoms with Crippen LogP contribution in [0.15, 0.2) is 61.2 Å². The molecule has 1 N–H and O–H groups in total. The van der Waals surface area contributed by atoms with Crippen LogP contribution >= 0.6 is 0 Å². The van der Waals surface area contributed by atoms with Gasteiger partial charge in [-0.2, -0.15) is 0 Å². The number of rotatable bonds is 11. The first-order valence-electron chi connectivity index (χ1n) is 12.3. The normalized spacial score (nSPS) is 13.3. The minimum atomic E-state index is -1.06. The molecule has 192 valence electrons. The first kappa shape index (κ1) is 27.0. The van der Waals surface area contributed by atoms with E-state index in [4.69, 9.17) is 9.47 Å². The van der Waals surface area contributed by atoms with Crippen molar-refractivity contribution in [1.82, 2.24) is 4.90 Å². The molecule has 7 heteroatoms. The van der Waals surface area contributed by atoms with Gasteiger partial charge in [0.15, 0.2) is 0 Å². The number of nitrogens with zero attached hydrogens (tertiary/aromatic N) is 1. The maximum Gasteiger partial charge on any atom is 0.410 e. The predicted molar refractivity (Wildman–Crippen MR) is 138 cm³/mol. The van der Waals surface area contributed by atoms with Crippen molar-refractivity contribution in [2.24, 2.45) is 5.92 Å². The maximum absolute atomic E-state index is 12.9. The van der Waals surface area contributed by atoms with Gasteiger partial charge >= 0.3 is 18.0 Å². The lowest BCUT2D eigenvalue weighted by Gasteiger charge is -2.23. The van der Waals surface area contributed by atoms with E-state index in [1.54, 1.807) is 26.8 Å². The van der Waals surface area contributed by atoms with Crippen LogP contribution in [0.3, 0.4) is 0 Å². The van der Waals surface area contributed by atoms with E-state index in [0.717, 1.165) is 22.3 Å². The summed E-state index contributed by atoms with van der Waals surface area (Å²) in [5.41, 5.74) is 3.90. The van der Waals surface area contributed by atoms with Crippen molar-refractivity contribution in [3.63, 3.8) is 0 Å². The highest BCUT2D eigenvalue weighted by Crippen LogP contribution is 2.44. The molecule has 7 nitrogen and oxygen atoms in total. The van der Waals surface area contributed by atoms with E-state index in [1.807, 2.05) is 24.3 Å². The lowest BCUT2D eigenvalue weighted by Crippen LogP contribution is -2.34. The number of hydrogen-bond donors (Lipinski definition) is 1. The molecule has 0 radical (unpaired) electrons. The van der Waals surface area contributed by atoms with Gasteiger partial charge in [0.25, 0.3) is 0 Å². The molecule has 0 aromatic heterocycles. The topological polar surface area (TPSA) is 93.1 Å². The molecule has 3 rings (SSSR count). The van der Waals surface area contributed by atoms with Crippen LogP contribution in [0.25, 0.3) is 11.1 Å². The molecule has 1 atom stereocenters. The second-order valence-electron chi connectivity index (χ2n) is 10.0. The molecule has 1 aliphatic carbocycles. The number of hydrogen-bond acceptors (Lipinski definition) is 5. The molecule has 2 aromatic rings. The highest BCUT2D eigenvalue weighted by atomic mass is 16.6. The number of aliphatic carboxylic acids is 1. The quantitative estimate of drug-likeness (QED) is 0.322. The van der Waals surface area contributed by atoms with Crippen LogP contribution in [0.2, 0.25) is 0 Å². The third-order valence-corrected chi connectivity index (χ3v) is 6.11. The second kappa shape index (κ2) is 11.9. The van der Waals surface area contributed by atoms with Gasteiger partial charge in [0.05, 0.1) is 12.3 Å². The smallest absolute Gasteiger partial charge is 0.410 e. The Morgan fingerprint density at radius 2 is 1.64 bits per heavy atom. The molecule has 0 fully saturated rings. The van der Waals surface area contributed by atoms with Crippen LogP contribution in [0.4, 0.5) is 4.79 Å². The Bertz CT molecular complexity index is 1060. The molecule has 0 spiro atoms. The first-order valence-corrected chi connectivity index (χ1v) is 12.3. The highest BCUT2D eigenvalue weighted by Gasteiger charge is 2.30. The number of ether oxygens (including phenoxy) is 2. The van der Waals surface area contributed by atoms with Crippen molar-refractivity contribution in [2.75, 3.05) is 19.7 Å². The predicted octanol–water partition coefficient (Wildman–Crippen LogP) is 5.64. The van der Waals surface area contributed by atoms with Gasteiger partial charge in [-0.1, -0.05) is 54.6 Å². The summed E-state index contributed by atoms with van der Waals surface area (Å²) in [5.74, 6) is -2.53. The van der Waals surface area contributed by atoms with Crippen molar-refractivity contribution >= 4 is 18.0 Å². The second-order valence-corrected chi connectivity index (χ2v) is 10.0. The van der Waals surface area contributed by atoms with E-state index in [0.29, 0.717) is 13.0 Å². The van der Waals surface area contributed by atoms with Gasteiger partial charge in [0.1, 0.15) is 12.2 Å². The molecule has 0 aliphatic heterocycles. The van der Waals surface area contributed by atoms with Gasteiger partial charge in [-0.15, -0.1) is 6.58 Å². The largest absolute Gasteiger partial charge is 0.481 e. The summed E-state index contributed by atoms with van der Waals surface area (Å²) in [6, 6.07) is 16.3. The van der Waals surface area contributed by atoms with E-state index in [-0.39, 0.29) is 31.9 Å². The number of carboxylic acids is 1. The summed E-state index contributed by atoms with van der Waals surface area (Å²) in [4.78, 5) is 38.2. The fourth-order valence-corrected chi connectivity index (χ4v) is 4.52. The Kier molecular flexibility index (Phi) is 8.91. The van der Waals surface area contributed by atoms with Gasteiger partial charge in [0.2, 0.25) is 0 Å². The average molecular weight is 494 g/mol. The number of amides is 1. The zero-order valence-corrected chi connectivity index (χ0v) is 21.2. The van der Waals surface area contributed by atoms with E-state index >= 15 is 0 Å². The molecular formula is C29H35NO6. The van der Waals surface area contributed by atoms with Gasteiger partial charge in [-0.05, 0) is 55.9 Å². The number of fused-ring (bicyclic) bond motifs is 3. The van der Waals surface area contributed by atoms with Crippen LogP contribution in [-0.2, 0) is 19.1 Å². The summed E-state index contributed by atoms with van der Waals surface area (Å²) in [7, 11) is 0. The van der Waals surface area contributed by atoms with Gasteiger partial charge in [0, 0.05) is 19.0 Å². The first-order chi connectivity index (χ1) is 17.1. The lowest BCUT2D eigenvalue weighted by atomic mass is 9.98. The Labute approximate surface area is 212 Å². The standard InChI is InChI=1S/C29H35NO6/c1-5-16-30(17-10-11-20(27(32)33)18-26(31)36-29(2,3)4)28(34)35-19-25-23-14-8-6-12-21(23)22-13-7-9-15-24(22)25/h5-9,12-15,20,25H,1,10-11,16-19H2,2-4H3,(H,32,33)/t20-/m1/s1. The van der Waals surface area contributed by atoms with Crippen LogP contribution in [-0.4, -0.2) is 53.3 Å². The number of carboxylic acid groups (broad SMARTS) is 1. The molecule has 2 aromatic carbocycles. The van der Waals surface area contributed by atoms with Crippen molar-refractivity contribution in [2.45, 2.75) is 51.6 Å². The van der Waals surface area contributed by atoms with Gasteiger partial charge < -0.3 is 19.5 Å². The van der Waals surface area contributed by atoms with Crippen LogP contribution in [0, 0.1) is 5.92 Å². The lowest BCUT2D eigenvalue weighted by molar-refractivity contribution is -0.160. The van der Waals surface area contributed by atoms with E-state index in [2.05, 4.69) is 30.8 Å². The molecule has 0 bridgehead atoms. The highest BCUT2D eigenvalue weighted by molar-refractivity contribution is 5.80. The molecule has 36 heavy (non-hydrogen) atoms. The number of esters is 1. The zero-order valence-electron chi connectivity index (χ0n) is 21.2. The Balaban J connectivity index is 1.57. The fourth-order valence-electron chi connectivity index (χ4n) is 4.52. The van der Waals surface area contributed by atoms with E-state index in [9.17, 15) is 19.5 Å². The zero-order chi connectivity index (χ0) is 26.3. The third kappa shape index (κ3) is 6.97. The average Bonchev–Trinajstić information content (AvgIpc) is 3.13. The van der Waals surface area contributed by atoms with Gasteiger partial charge in [-0.3, -0.25) is 9.59 Å². The molecule has 0 unspecified atom stereocenters. The van der Waals surface area contributed by atoms with Crippen LogP contribution < -0.4 is 0 Å². The Hall–Kier alpha value is -3.61. The summed E-state index contributed by atoms with van der Waals surface area (Å²) >= 11 is 0. The molecular weight excluding hydrogens is 458 g/mol. The Morgan fingerprint density at radius 1 is 1.06 bits per heavy atom. The molecule has 1 aliphatic rings. The minimum absolute atomic E-state index is 0.0443. The van der Waals surface area contributed by atoms with E-state index in [1.165, 1.54) is 4.90 Å². The summed E-state index contributed by atoms with van der Waals surface area (Å²) in [6.07, 6.45) is 1.56. The van der Waals surface area contributed by atoms with Crippen LogP contribution in [0.5, 0.6) is 0 Å². The third-order valence-electron chi connectivity index (χ3n) is 6.11. The number of carbonyl (C=O) groups is 3. The fraction of sp³-hybridized carbons (Fsp3) is 0.414. The monoisotopic (exact) mass is 493 g/mol. The van der Waals surface area contributed by atoms with E-state index < -0.39 is 29.6 Å². The van der Waals surface area contributed by atoms with Crippen LogP contribution in [0.1, 0.15) is 57.1 Å². The minimum Gasteiger partial charge on any atom is -0.481 e. The molecule has 0 heterocycles. The molecule has 0 saturated heterocycles. The van der Waals surface area contributed by atoms with Gasteiger partial charge in [-0.25, -0.2) is 4.79 Å². The SMILES string of the molecule is C=CCN(CCC[C@H](CC(=O)OC(C)(C)C)C(=O)O)C(=O)OCC1c2ccccc2-c2ccccc21. The maximum atomic E-state index is 12.9. The van der Waals surface area contributed by atoms with Crippen molar-refractivity contribution < 1.29 is 29.0 Å². The van der Waals surface area contributed by atoms with Crippen molar-refractivity contribution in [3.05, 3.63) is 72.3 Å². The number of carbonyl (C=O) groups excluding carboxylic acids is 2. The van der Waals surface area contributed by atoms with Crippen molar-refractivity contribution in [1.29, 1.82) is 0 Å². The molecule has 0 saturated carbocycles. The van der Waals surface area contributed by atoms with Crippen molar-refractivity contribution in [3.8, 4) is 11.1 Å². The molecule has 1 amide bonds. The Morgan fingerprint density at radius 3 is 2.17 bits per heavy atom. The summed E-state index contributed by atoms with van der Waals surface area (Å²) in [5, 5.41) is 9.53. The summed E-state index contributed by atoms with van der Waals surface area (Å²) in [6.45, 7) is 9.71. The number of benzene rings is 2. The summed E-state index contributed by atoms with van der Waals surface area (Å²) < 4.78 is 11.0.